The molecule has 0 aliphatic heterocycles. The zero-order valence-electron chi connectivity index (χ0n) is 11.8. The van der Waals surface area contributed by atoms with Crippen molar-refractivity contribution in [1.82, 2.24) is 10.6 Å². The molecular weight excluding hydrogens is 224 g/mol. The molecule has 100 valence electrons. The maximum absolute atomic E-state index is 11.8. The van der Waals surface area contributed by atoms with Gasteiger partial charge in [-0.1, -0.05) is 31.2 Å². The van der Waals surface area contributed by atoms with Crippen LogP contribution in [0.2, 0.25) is 0 Å². The van der Waals surface area contributed by atoms with Gasteiger partial charge in [-0.3, -0.25) is 4.79 Å². The second kappa shape index (κ2) is 7.17. The van der Waals surface area contributed by atoms with Crippen molar-refractivity contribution < 1.29 is 4.79 Å². The lowest BCUT2D eigenvalue weighted by Crippen LogP contribution is -2.38. The van der Waals surface area contributed by atoms with E-state index in [0.717, 1.165) is 6.42 Å². The maximum Gasteiger partial charge on any atom is 0.234 e. The van der Waals surface area contributed by atoms with E-state index in [0.29, 0.717) is 12.6 Å². The van der Waals surface area contributed by atoms with Crippen molar-refractivity contribution in [3.05, 3.63) is 35.4 Å². The predicted octanol–water partition coefficient (Wildman–Crippen LogP) is 2.56. The first kappa shape index (κ1) is 14.7. The van der Waals surface area contributed by atoms with Crippen LogP contribution in [0.4, 0.5) is 0 Å². The van der Waals surface area contributed by atoms with Crippen molar-refractivity contribution in [2.45, 2.75) is 46.2 Å². The van der Waals surface area contributed by atoms with Crippen LogP contribution in [0.3, 0.4) is 0 Å². The molecule has 0 saturated carbocycles. The number of carbonyl (C=O) groups is 1. The molecule has 3 nitrogen and oxygen atoms in total. The Bertz CT molecular complexity index is 390. The molecule has 1 aromatic rings. The smallest absolute Gasteiger partial charge is 0.234 e. The first-order valence-corrected chi connectivity index (χ1v) is 6.62. The molecule has 1 rings (SSSR count). The van der Waals surface area contributed by atoms with E-state index in [-0.39, 0.29) is 11.9 Å². The fraction of sp³-hybridized carbons (Fsp3) is 0.533. The van der Waals surface area contributed by atoms with E-state index in [1.807, 2.05) is 19.1 Å². The SMILES string of the molecule is CCC(C)NCC(=O)NC(C)c1ccccc1C. The Balaban J connectivity index is 2.47. The van der Waals surface area contributed by atoms with Crippen LogP contribution in [-0.2, 0) is 4.79 Å². The van der Waals surface area contributed by atoms with Crippen LogP contribution in [0.15, 0.2) is 24.3 Å². The first-order valence-electron chi connectivity index (χ1n) is 6.62. The molecule has 2 N–H and O–H groups in total. The Labute approximate surface area is 110 Å². The highest BCUT2D eigenvalue weighted by Gasteiger charge is 2.11. The summed E-state index contributed by atoms with van der Waals surface area (Å²) >= 11 is 0. The van der Waals surface area contributed by atoms with E-state index in [1.165, 1.54) is 11.1 Å². The quantitative estimate of drug-likeness (QED) is 0.812. The molecule has 0 aromatic heterocycles. The zero-order valence-corrected chi connectivity index (χ0v) is 11.8. The lowest BCUT2D eigenvalue weighted by molar-refractivity contribution is -0.121. The molecule has 0 aliphatic rings. The molecule has 2 atom stereocenters. The monoisotopic (exact) mass is 248 g/mol. The Kier molecular flexibility index (Phi) is 5.86. The van der Waals surface area contributed by atoms with Gasteiger partial charge in [0.25, 0.3) is 0 Å². The fourth-order valence-corrected chi connectivity index (χ4v) is 1.85. The molecule has 0 aliphatic carbocycles. The van der Waals surface area contributed by atoms with E-state index in [2.05, 4.69) is 43.5 Å². The van der Waals surface area contributed by atoms with Crippen LogP contribution < -0.4 is 10.6 Å². The standard InChI is InChI=1S/C15H24N2O/c1-5-12(3)16-10-15(18)17-13(4)14-9-7-6-8-11(14)2/h6-9,12-13,16H,5,10H2,1-4H3,(H,17,18). The number of nitrogens with one attached hydrogen (secondary N) is 2. The predicted molar refractivity (Wildman–Crippen MR) is 75.5 cm³/mol. The molecule has 0 bridgehead atoms. The molecule has 0 spiro atoms. The topological polar surface area (TPSA) is 41.1 Å². The number of carbonyl (C=O) groups excluding carboxylic acids is 1. The van der Waals surface area contributed by atoms with Crippen LogP contribution >= 0.6 is 0 Å². The molecule has 0 fully saturated rings. The van der Waals surface area contributed by atoms with Gasteiger partial charge in [-0.15, -0.1) is 0 Å². The summed E-state index contributed by atoms with van der Waals surface area (Å²) in [7, 11) is 0. The Morgan fingerprint density at radius 2 is 1.94 bits per heavy atom. The molecule has 0 heterocycles. The summed E-state index contributed by atoms with van der Waals surface area (Å²) in [5.41, 5.74) is 2.38. The van der Waals surface area contributed by atoms with Gasteiger partial charge in [0.2, 0.25) is 5.91 Å². The second-order valence-electron chi connectivity index (χ2n) is 4.84. The van der Waals surface area contributed by atoms with Crippen molar-refractivity contribution in [3.63, 3.8) is 0 Å². The van der Waals surface area contributed by atoms with E-state index >= 15 is 0 Å². The summed E-state index contributed by atoms with van der Waals surface area (Å²) in [6.07, 6.45) is 1.03. The number of aryl methyl sites for hydroxylation is 1. The highest BCUT2D eigenvalue weighted by molar-refractivity contribution is 5.78. The van der Waals surface area contributed by atoms with Gasteiger partial charge in [0.1, 0.15) is 0 Å². The second-order valence-corrected chi connectivity index (χ2v) is 4.84. The summed E-state index contributed by atoms with van der Waals surface area (Å²) in [5.74, 6) is 0.0473. The van der Waals surface area contributed by atoms with Crippen LogP contribution in [0.25, 0.3) is 0 Å². The third-order valence-corrected chi connectivity index (χ3v) is 3.26. The number of benzene rings is 1. The van der Waals surface area contributed by atoms with E-state index < -0.39 is 0 Å². The number of amides is 1. The molecular formula is C15H24N2O. The first-order chi connectivity index (χ1) is 8.54. The molecule has 1 amide bonds. The Hall–Kier alpha value is -1.35. The molecule has 2 unspecified atom stereocenters. The van der Waals surface area contributed by atoms with Crippen molar-refractivity contribution in [3.8, 4) is 0 Å². The minimum absolute atomic E-state index is 0.0473. The van der Waals surface area contributed by atoms with E-state index in [4.69, 9.17) is 0 Å². The van der Waals surface area contributed by atoms with Gasteiger partial charge in [-0.25, -0.2) is 0 Å². The molecule has 0 radical (unpaired) electrons. The summed E-state index contributed by atoms with van der Waals surface area (Å²) in [4.78, 5) is 11.8. The highest BCUT2D eigenvalue weighted by atomic mass is 16.1. The highest BCUT2D eigenvalue weighted by Crippen LogP contribution is 2.16. The van der Waals surface area contributed by atoms with Gasteiger partial charge in [0, 0.05) is 6.04 Å². The maximum atomic E-state index is 11.8. The summed E-state index contributed by atoms with van der Waals surface area (Å²) < 4.78 is 0. The fourth-order valence-electron chi connectivity index (χ4n) is 1.85. The molecule has 3 heteroatoms. The normalized spacial score (nSPS) is 14.0. The third kappa shape index (κ3) is 4.49. The molecule has 1 aromatic carbocycles. The van der Waals surface area contributed by atoms with Gasteiger partial charge in [-0.05, 0) is 38.3 Å². The van der Waals surface area contributed by atoms with Crippen molar-refractivity contribution in [2.24, 2.45) is 0 Å². The average Bonchev–Trinajstić information content (AvgIpc) is 2.36. The van der Waals surface area contributed by atoms with Gasteiger partial charge >= 0.3 is 0 Å². The summed E-state index contributed by atoms with van der Waals surface area (Å²) in [6, 6.07) is 8.57. The van der Waals surface area contributed by atoms with Crippen molar-refractivity contribution in [2.75, 3.05) is 6.54 Å². The van der Waals surface area contributed by atoms with Gasteiger partial charge in [0.05, 0.1) is 12.6 Å². The van der Waals surface area contributed by atoms with Crippen LogP contribution in [0, 0.1) is 6.92 Å². The number of rotatable bonds is 6. The van der Waals surface area contributed by atoms with E-state index in [9.17, 15) is 4.79 Å². The van der Waals surface area contributed by atoms with Gasteiger partial charge < -0.3 is 10.6 Å². The van der Waals surface area contributed by atoms with E-state index in [1.54, 1.807) is 0 Å². The largest absolute Gasteiger partial charge is 0.348 e. The zero-order chi connectivity index (χ0) is 13.5. The minimum Gasteiger partial charge on any atom is -0.348 e. The molecule has 0 saturated heterocycles. The molecule has 18 heavy (non-hydrogen) atoms. The Morgan fingerprint density at radius 1 is 1.28 bits per heavy atom. The van der Waals surface area contributed by atoms with Gasteiger partial charge in [-0.2, -0.15) is 0 Å². The minimum atomic E-state index is 0.0473. The Morgan fingerprint density at radius 3 is 2.56 bits per heavy atom. The number of hydrogen-bond donors (Lipinski definition) is 2. The number of hydrogen-bond acceptors (Lipinski definition) is 2. The van der Waals surface area contributed by atoms with Crippen LogP contribution in [0.5, 0.6) is 0 Å². The third-order valence-electron chi connectivity index (χ3n) is 3.26. The average molecular weight is 248 g/mol. The van der Waals surface area contributed by atoms with Crippen LogP contribution in [0.1, 0.15) is 44.4 Å². The van der Waals surface area contributed by atoms with Gasteiger partial charge in [0.15, 0.2) is 0 Å². The summed E-state index contributed by atoms with van der Waals surface area (Å²) in [5, 5.41) is 6.21. The van der Waals surface area contributed by atoms with Crippen molar-refractivity contribution >= 4 is 5.91 Å². The summed E-state index contributed by atoms with van der Waals surface area (Å²) in [6.45, 7) is 8.65. The lowest BCUT2D eigenvalue weighted by Gasteiger charge is -2.17. The lowest BCUT2D eigenvalue weighted by atomic mass is 10.0. The van der Waals surface area contributed by atoms with Crippen LogP contribution in [-0.4, -0.2) is 18.5 Å². The van der Waals surface area contributed by atoms with Crippen molar-refractivity contribution in [1.29, 1.82) is 0 Å².